The van der Waals surface area contributed by atoms with Crippen LogP contribution >= 0.6 is 11.3 Å². The molecule has 1 saturated heterocycles. The number of hydrogen-bond acceptors (Lipinski definition) is 6. The van der Waals surface area contributed by atoms with Crippen LogP contribution in [0.1, 0.15) is 31.1 Å². The van der Waals surface area contributed by atoms with Crippen molar-refractivity contribution in [3.05, 3.63) is 53.0 Å². The summed E-state index contributed by atoms with van der Waals surface area (Å²) >= 11 is 1.49. The molecule has 136 valence electrons. The van der Waals surface area contributed by atoms with Crippen LogP contribution in [-0.4, -0.2) is 45.3 Å². The number of rotatable bonds is 3. The standard InChI is InChI=1S/C19H20FN3O2S/c1-11-8-23(9-12(2)25-11)18(15-5-3-13(20)7-21-15)14-4-6-16(24)17-19(14)26-10-22-17/h3-7,10-12,18,24H,8-9H2,1-2H3. The highest BCUT2D eigenvalue weighted by Crippen LogP contribution is 2.38. The number of benzene rings is 1. The summed E-state index contributed by atoms with van der Waals surface area (Å²) in [6.07, 6.45) is 1.44. The number of aromatic nitrogens is 2. The number of morpholine rings is 1. The Bertz CT molecular complexity index is 905. The van der Waals surface area contributed by atoms with Crippen LogP contribution in [0.3, 0.4) is 0 Å². The summed E-state index contributed by atoms with van der Waals surface area (Å²) < 4.78 is 20.2. The fourth-order valence-electron chi connectivity index (χ4n) is 3.69. The van der Waals surface area contributed by atoms with Crippen LogP contribution in [0.2, 0.25) is 0 Å². The van der Waals surface area contributed by atoms with Crippen LogP contribution < -0.4 is 0 Å². The van der Waals surface area contributed by atoms with Crippen molar-refractivity contribution in [2.45, 2.75) is 32.1 Å². The normalized spacial score (nSPS) is 22.6. The van der Waals surface area contributed by atoms with E-state index in [1.165, 1.54) is 23.6 Å². The van der Waals surface area contributed by atoms with Crippen molar-refractivity contribution in [1.29, 1.82) is 0 Å². The van der Waals surface area contributed by atoms with Gasteiger partial charge in [-0.2, -0.15) is 0 Å². The number of phenols is 1. The molecule has 1 aliphatic rings. The largest absolute Gasteiger partial charge is 0.506 e. The third-order valence-corrected chi connectivity index (χ3v) is 5.51. The minimum atomic E-state index is -0.357. The second-order valence-electron chi connectivity index (χ2n) is 6.72. The lowest BCUT2D eigenvalue weighted by Crippen LogP contribution is -2.47. The Labute approximate surface area is 155 Å². The summed E-state index contributed by atoms with van der Waals surface area (Å²) in [6, 6.07) is 6.59. The minimum Gasteiger partial charge on any atom is -0.506 e. The first-order valence-corrected chi connectivity index (χ1v) is 9.47. The van der Waals surface area contributed by atoms with E-state index in [-0.39, 0.29) is 29.8 Å². The molecule has 3 aromatic rings. The number of halogens is 1. The van der Waals surface area contributed by atoms with Gasteiger partial charge in [-0.25, -0.2) is 9.37 Å². The van der Waals surface area contributed by atoms with E-state index >= 15 is 0 Å². The second-order valence-corrected chi connectivity index (χ2v) is 7.57. The first-order valence-electron chi connectivity index (χ1n) is 8.59. The van der Waals surface area contributed by atoms with E-state index in [2.05, 4.69) is 28.7 Å². The molecule has 1 aromatic carbocycles. The molecule has 1 N–H and O–H groups in total. The fourth-order valence-corrected chi connectivity index (χ4v) is 4.54. The Morgan fingerprint density at radius 2 is 1.96 bits per heavy atom. The highest BCUT2D eigenvalue weighted by Gasteiger charge is 2.32. The Hall–Kier alpha value is -2.09. The van der Waals surface area contributed by atoms with Crippen LogP contribution in [0.4, 0.5) is 4.39 Å². The molecule has 0 amide bonds. The first kappa shape index (κ1) is 17.3. The van der Waals surface area contributed by atoms with E-state index in [0.717, 1.165) is 29.0 Å². The van der Waals surface area contributed by atoms with E-state index in [1.54, 1.807) is 17.6 Å². The molecule has 0 aliphatic carbocycles. The predicted molar refractivity (Wildman–Crippen MR) is 98.9 cm³/mol. The molecule has 1 aliphatic heterocycles. The topological polar surface area (TPSA) is 58.5 Å². The highest BCUT2D eigenvalue weighted by atomic mass is 32.1. The van der Waals surface area contributed by atoms with Gasteiger partial charge in [-0.15, -0.1) is 11.3 Å². The van der Waals surface area contributed by atoms with Gasteiger partial charge in [-0.3, -0.25) is 9.88 Å². The number of pyridine rings is 1. The molecule has 3 atom stereocenters. The lowest BCUT2D eigenvalue weighted by atomic mass is 9.98. The van der Waals surface area contributed by atoms with Gasteiger partial charge in [0.15, 0.2) is 0 Å². The average molecular weight is 373 g/mol. The molecule has 7 heteroatoms. The molecule has 0 radical (unpaired) electrons. The summed E-state index contributed by atoms with van der Waals surface area (Å²) in [6.45, 7) is 5.60. The maximum atomic E-state index is 13.4. The van der Waals surface area contributed by atoms with Crippen molar-refractivity contribution in [1.82, 2.24) is 14.9 Å². The van der Waals surface area contributed by atoms with Crippen LogP contribution in [0.25, 0.3) is 10.2 Å². The zero-order chi connectivity index (χ0) is 18.3. The molecular weight excluding hydrogens is 353 g/mol. The van der Waals surface area contributed by atoms with Crippen LogP contribution in [0.15, 0.2) is 36.0 Å². The van der Waals surface area contributed by atoms with Crippen molar-refractivity contribution in [2.75, 3.05) is 13.1 Å². The zero-order valence-electron chi connectivity index (χ0n) is 14.6. The summed E-state index contributed by atoms with van der Waals surface area (Å²) in [5, 5.41) is 10.1. The summed E-state index contributed by atoms with van der Waals surface area (Å²) in [5.74, 6) is -0.190. The van der Waals surface area contributed by atoms with Crippen molar-refractivity contribution in [3.63, 3.8) is 0 Å². The second kappa shape index (κ2) is 6.90. The molecule has 26 heavy (non-hydrogen) atoms. The third kappa shape index (κ3) is 3.18. The van der Waals surface area contributed by atoms with E-state index in [9.17, 15) is 9.50 Å². The quantitative estimate of drug-likeness (QED) is 0.758. The van der Waals surface area contributed by atoms with Gasteiger partial charge in [-0.05, 0) is 37.6 Å². The zero-order valence-corrected chi connectivity index (χ0v) is 15.4. The van der Waals surface area contributed by atoms with Gasteiger partial charge >= 0.3 is 0 Å². The number of ether oxygens (including phenoxy) is 1. The smallest absolute Gasteiger partial charge is 0.142 e. The fraction of sp³-hybridized carbons (Fsp3) is 0.368. The molecule has 3 heterocycles. The number of fused-ring (bicyclic) bond motifs is 1. The van der Waals surface area contributed by atoms with E-state index in [1.807, 2.05) is 6.07 Å². The molecule has 0 bridgehead atoms. The number of phenolic OH excluding ortho intramolecular Hbond substituents is 1. The number of nitrogens with zero attached hydrogens (tertiary/aromatic N) is 3. The van der Waals surface area contributed by atoms with Gasteiger partial charge < -0.3 is 9.84 Å². The molecule has 3 unspecified atom stereocenters. The summed E-state index contributed by atoms with van der Waals surface area (Å²) in [7, 11) is 0. The maximum absolute atomic E-state index is 13.4. The third-order valence-electron chi connectivity index (χ3n) is 4.63. The SMILES string of the molecule is CC1CN(C(c2ccc(F)cn2)c2ccc(O)c3ncsc23)CC(C)O1. The van der Waals surface area contributed by atoms with Gasteiger partial charge in [0.1, 0.15) is 17.1 Å². The summed E-state index contributed by atoms with van der Waals surface area (Å²) in [4.78, 5) is 11.0. The van der Waals surface area contributed by atoms with Gasteiger partial charge in [-0.1, -0.05) is 6.07 Å². The predicted octanol–water partition coefficient (Wildman–Crippen LogP) is 3.73. The number of hydrogen-bond donors (Lipinski definition) is 1. The van der Waals surface area contributed by atoms with Gasteiger partial charge in [0.05, 0.1) is 40.4 Å². The van der Waals surface area contributed by atoms with Crippen molar-refractivity contribution < 1.29 is 14.2 Å². The van der Waals surface area contributed by atoms with E-state index in [4.69, 9.17) is 4.74 Å². The van der Waals surface area contributed by atoms with Crippen molar-refractivity contribution in [3.8, 4) is 5.75 Å². The molecule has 2 aromatic heterocycles. The first-order chi connectivity index (χ1) is 12.5. The van der Waals surface area contributed by atoms with Crippen molar-refractivity contribution in [2.24, 2.45) is 0 Å². The van der Waals surface area contributed by atoms with Crippen LogP contribution in [0.5, 0.6) is 5.75 Å². The monoisotopic (exact) mass is 373 g/mol. The number of aromatic hydroxyl groups is 1. The Kier molecular flexibility index (Phi) is 4.60. The Balaban J connectivity index is 1.86. The minimum absolute atomic E-state index is 0.0933. The van der Waals surface area contributed by atoms with Crippen LogP contribution in [0, 0.1) is 5.82 Å². The van der Waals surface area contributed by atoms with E-state index in [0.29, 0.717) is 5.52 Å². The molecule has 1 fully saturated rings. The molecule has 5 nitrogen and oxygen atoms in total. The van der Waals surface area contributed by atoms with E-state index < -0.39 is 0 Å². The maximum Gasteiger partial charge on any atom is 0.142 e. The lowest BCUT2D eigenvalue weighted by molar-refractivity contribution is -0.0767. The van der Waals surface area contributed by atoms with Crippen LogP contribution in [-0.2, 0) is 4.74 Å². The Morgan fingerprint density at radius 1 is 1.19 bits per heavy atom. The Morgan fingerprint density at radius 3 is 2.65 bits per heavy atom. The lowest BCUT2D eigenvalue weighted by Gasteiger charge is -2.40. The van der Waals surface area contributed by atoms with Crippen molar-refractivity contribution >= 4 is 21.6 Å². The number of thiazole rings is 1. The molecular formula is C19H20FN3O2S. The van der Waals surface area contributed by atoms with Gasteiger partial charge in [0.2, 0.25) is 0 Å². The average Bonchev–Trinajstić information content (AvgIpc) is 3.09. The summed E-state index contributed by atoms with van der Waals surface area (Å²) in [5.41, 5.74) is 4.11. The van der Waals surface area contributed by atoms with Gasteiger partial charge in [0.25, 0.3) is 0 Å². The van der Waals surface area contributed by atoms with Gasteiger partial charge in [0, 0.05) is 13.1 Å². The molecule has 4 rings (SSSR count). The molecule has 0 saturated carbocycles. The molecule has 0 spiro atoms. The highest BCUT2D eigenvalue weighted by molar-refractivity contribution is 7.17.